The number of likely N-dealkylation sites (tertiary alicyclic amines) is 1. The fraction of sp³-hybridized carbons (Fsp3) is 0.696. The summed E-state index contributed by atoms with van der Waals surface area (Å²) in [7, 11) is 0. The predicted molar refractivity (Wildman–Crippen MR) is 116 cm³/mol. The molecule has 1 aromatic carbocycles. The summed E-state index contributed by atoms with van der Waals surface area (Å²) in [5.74, 6) is 1.77. The summed E-state index contributed by atoms with van der Waals surface area (Å²) in [6, 6.07) is 8.36. The number of amides is 2. The van der Waals surface area contributed by atoms with Crippen molar-refractivity contribution in [2.24, 2.45) is 11.8 Å². The number of hydrogen-bond acceptors (Lipinski definition) is 3. The molecule has 2 saturated heterocycles. The van der Waals surface area contributed by atoms with Crippen LogP contribution in [0, 0.1) is 11.8 Å². The standard InChI is InChI=1S/C23H36N4O/c1-2-25-15-17-26(18-16-25)22-10-6-5-9-21(22)24-23(28)27-13-11-20(12-14-27)19-7-3-4-8-19/h5-6,9-10,19-20H,2-4,7-8,11-18H2,1H3,(H,24,28). The largest absolute Gasteiger partial charge is 0.367 e. The second-order valence-corrected chi connectivity index (χ2v) is 8.74. The Labute approximate surface area is 170 Å². The maximum absolute atomic E-state index is 12.9. The molecule has 2 aliphatic heterocycles. The average Bonchev–Trinajstić information content (AvgIpc) is 3.29. The molecule has 2 heterocycles. The van der Waals surface area contributed by atoms with Crippen LogP contribution < -0.4 is 10.2 Å². The zero-order chi connectivity index (χ0) is 19.3. The average molecular weight is 385 g/mol. The molecular formula is C23H36N4O. The number of likely N-dealkylation sites (N-methyl/N-ethyl adjacent to an activating group) is 1. The SMILES string of the molecule is CCN1CCN(c2ccccc2NC(=O)N2CCC(C3CCCC3)CC2)CC1. The Kier molecular flexibility index (Phi) is 6.40. The monoisotopic (exact) mass is 384 g/mol. The number of piperidine rings is 1. The van der Waals surface area contributed by atoms with Gasteiger partial charge in [-0.3, -0.25) is 0 Å². The van der Waals surface area contributed by atoms with Crippen molar-refractivity contribution in [3.63, 3.8) is 0 Å². The molecule has 1 saturated carbocycles. The molecule has 2 amide bonds. The number of nitrogens with zero attached hydrogens (tertiary/aromatic N) is 3. The quantitative estimate of drug-likeness (QED) is 0.843. The van der Waals surface area contributed by atoms with E-state index < -0.39 is 0 Å². The predicted octanol–water partition coefficient (Wildman–Crippen LogP) is 4.26. The molecule has 1 aromatic rings. The molecule has 28 heavy (non-hydrogen) atoms. The van der Waals surface area contributed by atoms with Gasteiger partial charge in [0, 0.05) is 39.3 Å². The van der Waals surface area contributed by atoms with Gasteiger partial charge >= 0.3 is 6.03 Å². The van der Waals surface area contributed by atoms with Gasteiger partial charge in [-0.2, -0.15) is 0 Å². The highest BCUT2D eigenvalue weighted by Crippen LogP contribution is 2.37. The Morgan fingerprint density at radius 2 is 1.57 bits per heavy atom. The zero-order valence-electron chi connectivity index (χ0n) is 17.4. The highest BCUT2D eigenvalue weighted by molar-refractivity contribution is 5.93. The summed E-state index contributed by atoms with van der Waals surface area (Å²) in [6.07, 6.45) is 8.01. The van der Waals surface area contributed by atoms with E-state index in [1.807, 2.05) is 17.0 Å². The first-order valence-electron chi connectivity index (χ1n) is 11.4. The van der Waals surface area contributed by atoms with E-state index in [4.69, 9.17) is 0 Å². The van der Waals surface area contributed by atoms with E-state index in [0.29, 0.717) is 0 Å². The van der Waals surface area contributed by atoms with Gasteiger partial charge in [0.2, 0.25) is 0 Å². The number of benzene rings is 1. The number of rotatable bonds is 4. The van der Waals surface area contributed by atoms with Crippen LogP contribution in [0.5, 0.6) is 0 Å². The number of hydrogen-bond donors (Lipinski definition) is 1. The smallest absolute Gasteiger partial charge is 0.321 e. The lowest BCUT2D eigenvalue weighted by molar-refractivity contribution is 0.160. The van der Waals surface area contributed by atoms with Crippen molar-refractivity contribution in [3.8, 4) is 0 Å². The number of nitrogens with one attached hydrogen (secondary N) is 1. The molecule has 154 valence electrons. The lowest BCUT2D eigenvalue weighted by atomic mass is 9.83. The normalized spacial score (nSPS) is 22.6. The minimum atomic E-state index is 0.0736. The molecule has 0 spiro atoms. The molecule has 5 heteroatoms. The molecule has 1 aliphatic carbocycles. The van der Waals surface area contributed by atoms with Crippen LogP contribution in [0.4, 0.5) is 16.2 Å². The third kappa shape index (κ3) is 4.45. The Morgan fingerprint density at radius 3 is 2.25 bits per heavy atom. The van der Waals surface area contributed by atoms with Gasteiger partial charge in [-0.05, 0) is 43.4 Å². The molecule has 3 aliphatic rings. The van der Waals surface area contributed by atoms with Crippen molar-refractivity contribution in [3.05, 3.63) is 24.3 Å². The first-order chi connectivity index (χ1) is 13.7. The number of carbonyl (C=O) groups is 1. The van der Waals surface area contributed by atoms with Crippen molar-refractivity contribution in [2.75, 3.05) is 56.0 Å². The van der Waals surface area contributed by atoms with E-state index in [9.17, 15) is 4.79 Å². The molecule has 1 N–H and O–H groups in total. The van der Waals surface area contributed by atoms with Gasteiger partial charge in [0.25, 0.3) is 0 Å². The maximum Gasteiger partial charge on any atom is 0.321 e. The van der Waals surface area contributed by atoms with E-state index >= 15 is 0 Å². The van der Waals surface area contributed by atoms with E-state index in [0.717, 1.165) is 69.0 Å². The van der Waals surface area contributed by atoms with Gasteiger partial charge < -0.3 is 20.0 Å². The lowest BCUT2D eigenvalue weighted by Gasteiger charge is -2.37. The van der Waals surface area contributed by atoms with E-state index in [1.165, 1.54) is 38.5 Å². The highest BCUT2D eigenvalue weighted by Gasteiger charge is 2.30. The van der Waals surface area contributed by atoms with Crippen LogP contribution in [0.3, 0.4) is 0 Å². The van der Waals surface area contributed by atoms with Crippen molar-refractivity contribution in [2.45, 2.75) is 45.4 Å². The summed E-state index contributed by atoms with van der Waals surface area (Å²) < 4.78 is 0. The Bertz CT molecular complexity index is 642. The summed E-state index contributed by atoms with van der Waals surface area (Å²) >= 11 is 0. The molecule has 4 rings (SSSR count). The fourth-order valence-corrected chi connectivity index (χ4v) is 5.36. The third-order valence-electron chi connectivity index (χ3n) is 7.20. The molecule has 0 radical (unpaired) electrons. The van der Waals surface area contributed by atoms with Gasteiger partial charge in [-0.15, -0.1) is 0 Å². The number of carbonyl (C=O) groups excluding carboxylic acids is 1. The zero-order valence-corrected chi connectivity index (χ0v) is 17.4. The molecular weight excluding hydrogens is 348 g/mol. The van der Waals surface area contributed by atoms with Crippen molar-refractivity contribution in [1.82, 2.24) is 9.80 Å². The van der Waals surface area contributed by atoms with Gasteiger partial charge in [0.05, 0.1) is 11.4 Å². The van der Waals surface area contributed by atoms with Crippen molar-refractivity contribution < 1.29 is 4.79 Å². The molecule has 0 bridgehead atoms. The molecule has 0 unspecified atom stereocenters. The van der Waals surface area contributed by atoms with Crippen LogP contribution in [0.1, 0.15) is 45.4 Å². The van der Waals surface area contributed by atoms with E-state index in [-0.39, 0.29) is 6.03 Å². The fourth-order valence-electron chi connectivity index (χ4n) is 5.36. The van der Waals surface area contributed by atoms with Crippen LogP contribution in [0.2, 0.25) is 0 Å². The first-order valence-corrected chi connectivity index (χ1v) is 11.4. The van der Waals surface area contributed by atoms with Crippen LogP contribution >= 0.6 is 0 Å². The van der Waals surface area contributed by atoms with Crippen molar-refractivity contribution in [1.29, 1.82) is 0 Å². The van der Waals surface area contributed by atoms with Crippen LogP contribution in [0.15, 0.2) is 24.3 Å². The number of piperazine rings is 1. The Morgan fingerprint density at radius 1 is 0.929 bits per heavy atom. The Balaban J connectivity index is 1.33. The lowest BCUT2D eigenvalue weighted by Crippen LogP contribution is -2.46. The number of urea groups is 1. The Hall–Kier alpha value is -1.75. The summed E-state index contributed by atoms with van der Waals surface area (Å²) in [5, 5.41) is 3.22. The maximum atomic E-state index is 12.9. The number of para-hydroxylation sites is 2. The van der Waals surface area contributed by atoms with Gasteiger partial charge in [-0.25, -0.2) is 4.79 Å². The second-order valence-electron chi connectivity index (χ2n) is 8.74. The van der Waals surface area contributed by atoms with Gasteiger partial charge in [-0.1, -0.05) is 44.7 Å². The molecule has 0 atom stereocenters. The summed E-state index contributed by atoms with van der Waals surface area (Å²) in [4.78, 5) is 19.8. The first kappa shape index (κ1) is 19.6. The topological polar surface area (TPSA) is 38.8 Å². The van der Waals surface area contributed by atoms with E-state index in [2.05, 4.69) is 34.2 Å². The molecule has 5 nitrogen and oxygen atoms in total. The highest BCUT2D eigenvalue weighted by atomic mass is 16.2. The van der Waals surface area contributed by atoms with Crippen LogP contribution in [0.25, 0.3) is 0 Å². The van der Waals surface area contributed by atoms with Crippen LogP contribution in [-0.4, -0.2) is 61.6 Å². The van der Waals surface area contributed by atoms with Gasteiger partial charge in [0.15, 0.2) is 0 Å². The third-order valence-corrected chi connectivity index (χ3v) is 7.20. The second kappa shape index (κ2) is 9.17. The van der Waals surface area contributed by atoms with Gasteiger partial charge in [0.1, 0.15) is 0 Å². The number of anilines is 2. The van der Waals surface area contributed by atoms with Crippen molar-refractivity contribution >= 4 is 17.4 Å². The van der Waals surface area contributed by atoms with E-state index in [1.54, 1.807) is 0 Å². The summed E-state index contributed by atoms with van der Waals surface area (Å²) in [6.45, 7) is 9.37. The summed E-state index contributed by atoms with van der Waals surface area (Å²) in [5.41, 5.74) is 2.11. The minimum Gasteiger partial charge on any atom is -0.367 e. The van der Waals surface area contributed by atoms with Crippen LogP contribution in [-0.2, 0) is 0 Å². The minimum absolute atomic E-state index is 0.0736. The molecule has 3 fully saturated rings. The molecule has 0 aromatic heterocycles.